The lowest BCUT2D eigenvalue weighted by atomic mass is 10.1. The van der Waals surface area contributed by atoms with Gasteiger partial charge in [-0.3, -0.25) is 0 Å². The molecule has 124 valence electrons. The molecule has 0 spiro atoms. The van der Waals surface area contributed by atoms with E-state index in [0.29, 0.717) is 23.4 Å². The average Bonchev–Trinajstić information content (AvgIpc) is 3.18. The molecular formula is C18H18N2O4. The first kappa shape index (κ1) is 15.9. The second kappa shape index (κ2) is 6.23. The number of hydrogen-bond acceptors (Lipinski definition) is 4. The zero-order chi connectivity index (χ0) is 17.3. The van der Waals surface area contributed by atoms with Crippen LogP contribution in [0.15, 0.2) is 41.0 Å². The van der Waals surface area contributed by atoms with Crippen molar-refractivity contribution in [3.05, 3.63) is 53.4 Å². The molecule has 0 bridgehead atoms. The van der Waals surface area contributed by atoms with Crippen LogP contribution in [0, 0.1) is 6.92 Å². The maximum Gasteiger partial charge on any atom is 0.356 e. The van der Waals surface area contributed by atoms with E-state index in [1.54, 1.807) is 30.2 Å². The van der Waals surface area contributed by atoms with Gasteiger partial charge in [-0.25, -0.2) is 9.48 Å². The van der Waals surface area contributed by atoms with E-state index in [2.05, 4.69) is 5.10 Å². The summed E-state index contributed by atoms with van der Waals surface area (Å²) in [5.74, 6) is 0.263. The Kier molecular flexibility index (Phi) is 4.12. The molecule has 0 fully saturated rings. The van der Waals surface area contributed by atoms with Crippen LogP contribution in [0.2, 0.25) is 0 Å². The third-order valence-corrected chi connectivity index (χ3v) is 3.82. The molecule has 3 rings (SSSR count). The number of methoxy groups -OCH3 is 1. The number of benzene rings is 1. The van der Waals surface area contributed by atoms with Crippen molar-refractivity contribution >= 4 is 5.97 Å². The number of aromatic nitrogens is 2. The summed E-state index contributed by atoms with van der Waals surface area (Å²) in [7, 11) is 1.59. The lowest BCUT2D eigenvalue weighted by Gasteiger charge is -2.08. The largest absolute Gasteiger partial charge is 0.497 e. The van der Waals surface area contributed by atoms with Gasteiger partial charge in [-0.05, 0) is 49.2 Å². The Morgan fingerprint density at radius 2 is 2.04 bits per heavy atom. The number of rotatable bonds is 5. The van der Waals surface area contributed by atoms with Crippen LogP contribution in [-0.2, 0) is 6.42 Å². The summed E-state index contributed by atoms with van der Waals surface area (Å²) < 4.78 is 12.4. The van der Waals surface area contributed by atoms with Gasteiger partial charge in [0.2, 0.25) is 0 Å². The fraction of sp³-hybridized carbons (Fsp3) is 0.222. The monoisotopic (exact) mass is 326 g/mol. The number of hydrogen-bond donors (Lipinski definition) is 1. The second-order valence-electron chi connectivity index (χ2n) is 5.43. The van der Waals surface area contributed by atoms with Gasteiger partial charge < -0.3 is 14.3 Å². The molecule has 0 radical (unpaired) electrons. The maximum absolute atomic E-state index is 11.6. The maximum atomic E-state index is 11.6. The van der Waals surface area contributed by atoms with Crippen molar-refractivity contribution in [2.24, 2.45) is 0 Å². The molecule has 0 saturated heterocycles. The minimum absolute atomic E-state index is 0.0392. The fourth-order valence-electron chi connectivity index (χ4n) is 2.68. The van der Waals surface area contributed by atoms with E-state index in [1.807, 2.05) is 32.0 Å². The van der Waals surface area contributed by atoms with Gasteiger partial charge in [0.1, 0.15) is 11.4 Å². The number of carboxylic acids is 1. The number of carbonyl (C=O) groups is 1. The SMILES string of the molecule is CCc1c(C(=O)O)nn(-c2ccc(OC)cc2)c1-c1cc(C)co1. The lowest BCUT2D eigenvalue weighted by molar-refractivity contribution is 0.0689. The van der Waals surface area contributed by atoms with E-state index in [0.717, 1.165) is 17.0 Å². The molecule has 0 unspecified atom stereocenters. The molecule has 6 heteroatoms. The van der Waals surface area contributed by atoms with Gasteiger partial charge in [0, 0.05) is 5.56 Å². The van der Waals surface area contributed by atoms with Crippen molar-refractivity contribution < 1.29 is 19.1 Å². The lowest BCUT2D eigenvalue weighted by Crippen LogP contribution is -2.02. The molecule has 0 aliphatic carbocycles. The number of nitrogens with zero attached hydrogens (tertiary/aromatic N) is 2. The molecule has 0 atom stereocenters. The molecule has 2 heterocycles. The van der Waals surface area contributed by atoms with E-state index in [9.17, 15) is 9.90 Å². The molecule has 1 aromatic carbocycles. The van der Waals surface area contributed by atoms with Crippen LogP contribution >= 0.6 is 0 Å². The van der Waals surface area contributed by atoms with Gasteiger partial charge in [0.15, 0.2) is 11.5 Å². The van der Waals surface area contributed by atoms with E-state index in [-0.39, 0.29) is 5.69 Å². The van der Waals surface area contributed by atoms with Crippen LogP contribution < -0.4 is 4.74 Å². The average molecular weight is 326 g/mol. The first-order chi connectivity index (χ1) is 11.5. The van der Waals surface area contributed by atoms with Gasteiger partial charge >= 0.3 is 5.97 Å². The van der Waals surface area contributed by atoms with Crippen molar-refractivity contribution in [3.8, 4) is 22.9 Å². The fourth-order valence-corrected chi connectivity index (χ4v) is 2.68. The van der Waals surface area contributed by atoms with Crippen LogP contribution in [0.5, 0.6) is 5.75 Å². The summed E-state index contributed by atoms with van der Waals surface area (Å²) >= 11 is 0. The van der Waals surface area contributed by atoms with Crippen molar-refractivity contribution in [1.82, 2.24) is 9.78 Å². The number of ether oxygens (including phenoxy) is 1. The summed E-state index contributed by atoms with van der Waals surface area (Å²) in [5.41, 5.74) is 3.05. The topological polar surface area (TPSA) is 77.5 Å². The second-order valence-corrected chi connectivity index (χ2v) is 5.43. The number of aromatic carboxylic acids is 1. The number of carboxylic acid groups (broad SMARTS) is 1. The smallest absolute Gasteiger partial charge is 0.356 e. The molecule has 0 saturated carbocycles. The Morgan fingerprint density at radius 1 is 1.33 bits per heavy atom. The normalized spacial score (nSPS) is 10.8. The Hall–Kier alpha value is -3.02. The van der Waals surface area contributed by atoms with Crippen molar-refractivity contribution in [3.63, 3.8) is 0 Å². The first-order valence-electron chi connectivity index (χ1n) is 7.60. The van der Waals surface area contributed by atoms with Gasteiger partial charge in [0.25, 0.3) is 0 Å². The quantitative estimate of drug-likeness (QED) is 0.773. The minimum Gasteiger partial charge on any atom is -0.497 e. The summed E-state index contributed by atoms with van der Waals surface area (Å²) in [6.45, 7) is 3.83. The predicted molar refractivity (Wildman–Crippen MR) is 88.9 cm³/mol. The zero-order valence-electron chi connectivity index (χ0n) is 13.7. The van der Waals surface area contributed by atoms with E-state index in [1.165, 1.54) is 0 Å². The van der Waals surface area contributed by atoms with E-state index in [4.69, 9.17) is 9.15 Å². The van der Waals surface area contributed by atoms with Crippen LogP contribution in [0.25, 0.3) is 17.1 Å². The van der Waals surface area contributed by atoms with Crippen molar-refractivity contribution in [2.45, 2.75) is 20.3 Å². The summed E-state index contributed by atoms with van der Waals surface area (Å²) in [5, 5.41) is 13.8. The summed E-state index contributed by atoms with van der Waals surface area (Å²) in [4.78, 5) is 11.6. The summed E-state index contributed by atoms with van der Waals surface area (Å²) in [6.07, 6.45) is 2.17. The highest BCUT2D eigenvalue weighted by Crippen LogP contribution is 2.31. The van der Waals surface area contributed by atoms with Crippen molar-refractivity contribution in [2.75, 3.05) is 7.11 Å². The first-order valence-corrected chi connectivity index (χ1v) is 7.60. The molecule has 3 aromatic rings. The highest BCUT2D eigenvalue weighted by Gasteiger charge is 2.25. The van der Waals surface area contributed by atoms with Gasteiger partial charge in [-0.15, -0.1) is 0 Å². The summed E-state index contributed by atoms with van der Waals surface area (Å²) in [6, 6.07) is 9.15. The molecule has 1 N–H and O–H groups in total. The highest BCUT2D eigenvalue weighted by molar-refractivity contribution is 5.89. The highest BCUT2D eigenvalue weighted by atomic mass is 16.5. The van der Waals surface area contributed by atoms with Gasteiger partial charge in [0.05, 0.1) is 19.1 Å². The Labute approximate surface area is 139 Å². The van der Waals surface area contributed by atoms with Crippen LogP contribution in [-0.4, -0.2) is 28.0 Å². The molecule has 0 aliphatic rings. The van der Waals surface area contributed by atoms with Crippen LogP contribution in [0.1, 0.15) is 28.5 Å². The van der Waals surface area contributed by atoms with Gasteiger partial charge in [-0.1, -0.05) is 6.92 Å². The third kappa shape index (κ3) is 2.67. The molecule has 6 nitrogen and oxygen atoms in total. The Balaban J connectivity index is 2.25. The van der Waals surface area contributed by atoms with E-state index >= 15 is 0 Å². The van der Waals surface area contributed by atoms with Gasteiger partial charge in [-0.2, -0.15) is 5.10 Å². The standard InChI is InChI=1S/C18H18N2O4/c1-4-14-16(18(21)22)19-20(12-5-7-13(23-3)8-6-12)17(14)15-9-11(2)10-24-15/h5-10H,4H2,1-3H3,(H,21,22). The Bertz CT molecular complexity index is 875. The molecule has 2 aromatic heterocycles. The predicted octanol–water partition coefficient (Wildman–Crippen LogP) is 3.71. The number of furan rings is 1. The molecular weight excluding hydrogens is 308 g/mol. The molecule has 0 amide bonds. The Morgan fingerprint density at radius 3 is 2.54 bits per heavy atom. The zero-order valence-corrected chi connectivity index (χ0v) is 13.7. The molecule has 0 aliphatic heterocycles. The molecule has 24 heavy (non-hydrogen) atoms. The van der Waals surface area contributed by atoms with Crippen LogP contribution in [0.4, 0.5) is 0 Å². The minimum atomic E-state index is -1.05. The van der Waals surface area contributed by atoms with Crippen molar-refractivity contribution in [1.29, 1.82) is 0 Å². The van der Waals surface area contributed by atoms with E-state index < -0.39 is 5.97 Å². The van der Waals surface area contributed by atoms with Crippen LogP contribution in [0.3, 0.4) is 0 Å². The number of aryl methyl sites for hydroxylation is 1. The third-order valence-electron chi connectivity index (χ3n) is 3.82.